The van der Waals surface area contributed by atoms with Gasteiger partial charge in [0, 0.05) is 24.1 Å². The van der Waals surface area contributed by atoms with Crippen LogP contribution in [-0.2, 0) is 12.3 Å². The molecule has 0 atom stereocenters. The van der Waals surface area contributed by atoms with E-state index >= 15 is 0 Å². The van der Waals surface area contributed by atoms with E-state index in [1.54, 1.807) is 18.0 Å². The van der Waals surface area contributed by atoms with Gasteiger partial charge in [-0.1, -0.05) is 48.2 Å². The fourth-order valence-electron chi connectivity index (χ4n) is 3.33. The summed E-state index contributed by atoms with van der Waals surface area (Å²) in [5.74, 6) is 0.815. The smallest absolute Gasteiger partial charge is 0.251 e. The van der Waals surface area contributed by atoms with Crippen LogP contribution in [0.15, 0.2) is 72.1 Å². The molecule has 30 heavy (non-hydrogen) atoms. The number of nitrogens with zero attached hydrogens (tertiary/aromatic N) is 3. The van der Waals surface area contributed by atoms with E-state index in [1.165, 1.54) is 11.1 Å². The zero-order valence-corrected chi connectivity index (χ0v) is 17.9. The first-order valence-electron chi connectivity index (χ1n) is 10.0. The van der Waals surface area contributed by atoms with E-state index in [-0.39, 0.29) is 5.91 Å². The van der Waals surface area contributed by atoms with Crippen LogP contribution in [-0.4, -0.2) is 27.0 Å². The summed E-state index contributed by atoms with van der Waals surface area (Å²) in [5.41, 5.74) is 6.34. The lowest BCUT2D eigenvalue weighted by Crippen LogP contribution is -2.22. The molecule has 0 unspecified atom stereocenters. The largest absolute Gasteiger partial charge is 0.352 e. The number of amides is 1. The molecule has 0 spiro atoms. The van der Waals surface area contributed by atoms with Gasteiger partial charge in [0.25, 0.3) is 5.91 Å². The molecule has 6 heteroatoms. The van der Waals surface area contributed by atoms with Gasteiger partial charge < -0.3 is 9.88 Å². The first-order valence-corrected chi connectivity index (χ1v) is 11.0. The number of pyridine rings is 1. The third kappa shape index (κ3) is 4.39. The van der Waals surface area contributed by atoms with E-state index in [0.29, 0.717) is 18.7 Å². The van der Waals surface area contributed by atoms with Crippen LogP contribution < -0.4 is 5.32 Å². The number of thioether (sulfide) groups is 1. The fourth-order valence-corrected chi connectivity index (χ4v) is 4.42. The maximum absolute atomic E-state index is 12.0. The molecule has 4 rings (SSSR count). The second kappa shape index (κ2) is 9.13. The van der Waals surface area contributed by atoms with Crippen molar-refractivity contribution < 1.29 is 4.79 Å². The Morgan fingerprint density at radius 2 is 1.90 bits per heavy atom. The lowest BCUT2D eigenvalue weighted by Gasteiger charge is -2.10. The lowest BCUT2D eigenvalue weighted by molar-refractivity contribution is 0.0956. The number of aryl methyl sites for hydroxylation is 1. The first-order chi connectivity index (χ1) is 14.7. The van der Waals surface area contributed by atoms with Crippen molar-refractivity contribution in [1.29, 1.82) is 0 Å². The Morgan fingerprint density at radius 1 is 1.10 bits per heavy atom. The van der Waals surface area contributed by atoms with Crippen molar-refractivity contribution in [2.45, 2.75) is 31.3 Å². The summed E-state index contributed by atoms with van der Waals surface area (Å²) in [6.07, 6.45) is 3.64. The van der Waals surface area contributed by atoms with Crippen LogP contribution in [0.2, 0.25) is 0 Å². The van der Waals surface area contributed by atoms with Gasteiger partial charge in [0.05, 0.1) is 23.8 Å². The molecule has 1 amide bonds. The number of benzene rings is 2. The molecule has 0 aliphatic rings. The van der Waals surface area contributed by atoms with Crippen molar-refractivity contribution in [1.82, 2.24) is 19.9 Å². The summed E-state index contributed by atoms with van der Waals surface area (Å²) in [6.45, 7) is 5.35. The highest BCUT2D eigenvalue weighted by atomic mass is 32.2. The molecule has 0 fully saturated rings. The van der Waals surface area contributed by atoms with Crippen molar-refractivity contribution in [3.8, 4) is 0 Å². The number of carbonyl (C=O) groups is 1. The molecule has 0 aliphatic heterocycles. The molecule has 4 aromatic rings. The maximum Gasteiger partial charge on any atom is 0.251 e. The molecular formula is C24H24N4OS. The second-order valence-electron chi connectivity index (χ2n) is 7.12. The number of hydrogen-bond acceptors (Lipinski definition) is 4. The van der Waals surface area contributed by atoms with E-state index in [0.717, 1.165) is 27.5 Å². The normalized spacial score (nSPS) is 11.0. The number of rotatable bonds is 7. The van der Waals surface area contributed by atoms with E-state index in [1.807, 2.05) is 43.5 Å². The molecule has 0 bridgehead atoms. The number of fused-ring (bicyclic) bond motifs is 1. The standard InChI is InChI=1S/C24H24N4OS/c1-3-26-23(29)19-10-8-18(9-11-19)15-28-22-14-25-13-12-21(22)27-24(28)30-16-20-7-5-4-6-17(20)2/h4-14H,3,15-16H2,1-2H3,(H,26,29). The molecule has 0 saturated carbocycles. The van der Waals surface area contributed by atoms with Gasteiger partial charge in [0.2, 0.25) is 0 Å². The molecule has 0 radical (unpaired) electrons. The minimum atomic E-state index is -0.0455. The fraction of sp³-hybridized carbons (Fsp3) is 0.208. The minimum Gasteiger partial charge on any atom is -0.352 e. The molecule has 1 N–H and O–H groups in total. The van der Waals surface area contributed by atoms with Crippen LogP contribution in [0.1, 0.15) is 34.0 Å². The number of aromatic nitrogens is 3. The number of hydrogen-bond donors (Lipinski definition) is 1. The van der Waals surface area contributed by atoms with Crippen LogP contribution in [0.25, 0.3) is 11.0 Å². The van der Waals surface area contributed by atoms with Gasteiger partial charge in [0.15, 0.2) is 5.16 Å². The van der Waals surface area contributed by atoms with Crippen molar-refractivity contribution in [3.05, 3.63) is 89.2 Å². The number of nitrogens with one attached hydrogen (secondary N) is 1. The Bertz CT molecular complexity index is 1170. The van der Waals surface area contributed by atoms with E-state index in [4.69, 9.17) is 4.98 Å². The van der Waals surface area contributed by atoms with Crippen LogP contribution in [0.4, 0.5) is 0 Å². The molecule has 5 nitrogen and oxygen atoms in total. The Hall–Kier alpha value is -3.12. The zero-order valence-electron chi connectivity index (χ0n) is 17.1. The summed E-state index contributed by atoms with van der Waals surface area (Å²) in [5, 5.41) is 3.80. The Morgan fingerprint density at radius 3 is 2.67 bits per heavy atom. The van der Waals surface area contributed by atoms with E-state index in [9.17, 15) is 4.79 Å². The van der Waals surface area contributed by atoms with Crippen molar-refractivity contribution >= 4 is 28.7 Å². The Kier molecular flexibility index (Phi) is 6.14. The number of carbonyl (C=O) groups excluding carboxylic acids is 1. The Labute approximate surface area is 180 Å². The highest BCUT2D eigenvalue weighted by Crippen LogP contribution is 2.28. The average Bonchev–Trinajstić information content (AvgIpc) is 3.11. The minimum absolute atomic E-state index is 0.0455. The summed E-state index contributed by atoms with van der Waals surface area (Å²) < 4.78 is 2.20. The molecule has 2 aromatic carbocycles. The molecule has 2 heterocycles. The summed E-state index contributed by atoms with van der Waals surface area (Å²) in [6, 6.07) is 18.1. The zero-order chi connectivity index (χ0) is 20.9. The van der Waals surface area contributed by atoms with Crippen molar-refractivity contribution in [2.24, 2.45) is 0 Å². The van der Waals surface area contributed by atoms with Crippen LogP contribution in [0, 0.1) is 6.92 Å². The van der Waals surface area contributed by atoms with Gasteiger partial charge in [-0.25, -0.2) is 4.98 Å². The van der Waals surface area contributed by atoms with Gasteiger partial charge in [-0.15, -0.1) is 0 Å². The predicted molar refractivity (Wildman–Crippen MR) is 122 cm³/mol. The maximum atomic E-state index is 12.0. The molecule has 152 valence electrons. The third-order valence-electron chi connectivity index (χ3n) is 5.03. The summed E-state index contributed by atoms with van der Waals surface area (Å²) >= 11 is 1.73. The molecule has 2 aromatic heterocycles. The molecular weight excluding hydrogens is 392 g/mol. The monoisotopic (exact) mass is 416 g/mol. The van der Waals surface area contributed by atoms with Crippen LogP contribution in [0.3, 0.4) is 0 Å². The second-order valence-corrected chi connectivity index (χ2v) is 8.06. The van der Waals surface area contributed by atoms with Gasteiger partial charge in [-0.3, -0.25) is 9.78 Å². The average molecular weight is 417 g/mol. The van der Waals surface area contributed by atoms with E-state index < -0.39 is 0 Å². The number of imidazole rings is 1. The van der Waals surface area contributed by atoms with Gasteiger partial charge >= 0.3 is 0 Å². The molecule has 0 aliphatic carbocycles. The van der Waals surface area contributed by atoms with Crippen molar-refractivity contribution in [2.75, 3.05) is 6.54 Å². The summed E-state index contributed by atoms with van der Waals surface area (Å²) in [7, 11) is 0. The lowest BCUT2D eigenvalue weighted by atomic mass is 10.1. The van der Waals surface area contributed by atoms with Gasteiger partial charge in [-0.2, -0.15) is 0 Å². The van der Waals surface area contributed by atoms with E-state index in [2.05, 4.69) is 46.1 Å². The first kappa shape index (κ1) is 20.2. The van der Waals surface area contributed by atoms with Gasteiger partial charge in [-0.05, 0) is 48.7 Å². The third-order valence-corrected chi connectivity index (χ3v) is 6.05. The highest BCUT2D eigenvalue weighted by molar-refractivity contribution is 7.98. The predicted octanol–water partition coefficient (Wildman–Crippen LogP) is 4.83. The van der Waals surface area contributed by atoms with Crippen molar-refractivity contribution in [3.63, 3.8) is 0 Å². The highest BCUT2D eigenvalue weighted by Gasteiger charge is 2.13. The summed E-state index contributed by atoms with van der Waals surface area (Å²) in [4.78, 5) is 21.2. The quantitative estimate of drug-likeness (QED) is 0.438. The SMILES string of the molecule is CCNC(=O)c1ccc(Cn2c(SCc3ccccc3C)nc3ccncc32)cc1. The molecule has 0 saturated heterocycles. The van der Waals surface area contributed by atoms with Crippen LogP contribution in [0.5, 0.6) is 0 Å². The van der Waals surface area contributed by atoms with Crippen LogP contribution >= 0.6 is 11.8 Å². The topological polar surface area (TPSA) is 59.8 Å². The van der Waals surface area contributed by atoms with Gasteiger partial charge in [0.1, 0.15) is 0 Å². The Balaban J connectivity index is 1.60.